The molecule has 2 aromatic heterocycles. The minimum Gasteiger partial charge on any atom is -0.241 e. The van der Waals surface area contributed by atoms with Gasteiger partial charge in [0.1, 0.15) is 0 Å². The first-order chi connectivity index (χ1) is 10.5. The largest absolute Gasteiger partial charge is 0.241 e. The van der Waals surface area contributed by atoms with Crippen molar-refractivity contribution in [2.45, 2.75) is 18.4 Å². The Morgan fingerprint density at radius 3 is 2.86 bits per heavy atom. The Bertz CT molecular complexity index is 935. The molecule has 2 heterocycles. The third-order valence-electron chi connectivity index (χ3n) is 3.47. The van der Waals surface area contributed by atoms with Gasteiger partial charge >= 0.3 is 0 Å². The number of nitrogens with one attached hydrogen (secondary N) is 1. The van der Waals surface area contributed by atoms with Crippen LogP contribution in [0.5, 0.6) is 0 Å². The molecule has 0 saturated carbocycles. The van der Waals surface area contributed by atoms with Crippen LogP contribution in [-0.4, -0.2) is 18.0 Å². The molecule has 22 heavy (non-hydrogen) atoms. The van der Waals surface area contributed by atoms with Crippen molar-refractivity contribution in [3.05, 3.63) is 64.9 Å². The molecule has 0 aliphatic heterocycles. The molecule has 5 nitrogen and oxygen atoms in total. The lowest BCUT2D eigenvalue weighted by atomic mass is 10.2. The van der Waals surface area contributed by atoms with Crippen molar-refractivity contribution in [2.75, 3.05) is 0 Å². The van der Waals surface area contributed by atoms with Gasteiger partial charge in [-0.1, -0.05) is 23.7 Å². The predicted octanol–water partition coefficient (Wildman–Crippen LogP) is 2.77. The van der Waals surface area contributed by atoms with Crippen LogP contribution >= 0.6 is 11.6 Å². The number of rotatable bonds is 4. The zero-order valence-corrected chi connectivity index (χ0v) is 13.4. The number of hydrogen-bond acceptors (Lipinski definition) is 3. The predicted molar refractivity (Wildman–Crippen MR) is 85.4 cm³/mol. The van der Waals surface area contributed by atoms with E-state index in [1.54, 1.807) is 35.8 Å². The Balaban J connectivity index is 1.88. The van der Waals surface area contributed by atoms with E-state index in [1.165, 1.54) is 0 Å². The van der Waals surface area contributed by atoms with Crippen LogP contribution in [0.4, 0.5) is 0 Å². The van der Waals surface area contributed by atoms with Crippen molar-refractivity contribution in [1.29, 1.82) is 0 Å². The normalized spacial score (nSPS) is 11.9. The van der Waals surface area contributed by atoms with E-state index in [2.05, 4.69) is 9.82 Å². The second-order valence-electron chi connectivity index (χ2n) is 4.89. The summed E-state index contributed by atoms with van der Waals surface area (Å²) in [6.45, 7) is 1.86. The third-order valence-corrected chi connectivity index (χ3v) is 5.42. The summed E-state index contributed by atoms with van der Waals surface area (Å²) >= 11 is 5.99. The molecule has 0 amide bonds. The van der Waals surface area contributed by atoms with Crippen LogP contribution < -0.4 is 4.72 Å². The lowest BCUT2D eigenvalue weighted by Crippen LogP contribution is -2.24. The van der Waals surface area contributed by atoms with Crippen LogP contribution in [0.2, 0.25) is 5.02 Å². The Morgan fingerprint density at radius 2 is 2.05 bits per heavy atom. The summed E-state index contributed by atoms with van der Waals surface area (Å²) in [4.78, 5) is 0.191. The number of halogens is 1. The fourth-order valence-electron chi connectivity index (χ4n) is 2.25. The molecule has 0 bridgehead atoms. The van der Waals surface area contributed by atoms with Crippen molar-refractivity contribution < 1.29 is 8.42 Å². The van der Waals surface area contributed by atoms with E-state index >= 15 is 0 Å². The number of fused-ring (bicyclic) bond motifs is 1. The molecule has 0 spiro atoms. The Labute approximate surface area is 133 Å². The zero-order valence-electron chi connectivity index (χ0n) is 11.8. The van der Waals surface area contributed by atoms with Crippen LogP contribution in [0.1, 0.15) is 11.1 Å². The van der Waals surface area contributed by atoms with Gasteiger partial charge in [0.15, 0.2) is 0 Å². The summed E-state index contributed by atoms with van der Waals surface area (Å²) in [5.74, 6) is 0. The Hall–Kier alpha value is -1.89. The summed E-state index contributed by atoms with van der Waals surface area (Å²) < 4.78 is 29.2. The molecule has 0 radical (unpaired) electrons. The topological polar surface area (TPSA) is 63.5 Å². The fraction of sp³-hybridized carbons (Fsp3) is 0.133. The summed E-state index contributed by atoms with van der Waals surface area (Å²) in [5.41, 5.74) is 2.22. The molecule has 0 unspecified atom stereocenters. The second-order valence-corrected chi connectivity index (χ2v) is 7.03. The lowest BCUT2D eigenvalue weighted by molar-refractivity contribution is 0.581. The van der Waals surface area contributed by atoms with E-state index in [0.717, 1.165) is 11.1 Å². The van der Waals surface area contributed by atoms with E-state index in [0.29, 0.717) is 10.6 Å². The SMILES string of the molecule is Cc1c(Cl)cccc1S(=O)(=O)NCc1cnn2ccccc12. The first kappa shape index (κ1) is 15.0. The Morgan fingerprint density at radius 1 is 1.23 bits per heavy atom. The van der Waals surface area contributed by atoms with Gasteiger partial charge < -0.3 is 0 Å². The van der Waals surface area contributed by atoms with Crippen molar-refractivity contribution >= 4 is 27.1 Å². The van der Waals surface area contributed by atoms with Gasteiger partial charge in [-0.15, -0.1) is 0 Å². The van der Waals surface area contributed by atoms with E-state index in [4.69, 9.17) is 11.6 Å². The van der Waals surface area contributed by atoms with E-state index in [-0.39, 0.29) is 11.4 Å². The maximum atomic E-state index is 12.4. The highest BCUT2D eigenvalue weighted by Crippen LogP contribution is 2.23. The average molecular weight is 336 g/mol. The molecule has 3 aromatic rings. The van der Waals surface area contributed by atoms with Crippen molar-refractivity contribution in [1.82, 2.24) is 14.3 Å². The van der Waals surface area contributed by atoms with Crippen LogP contribution in [0.25, 0.3) is 5.52 Å². The molecule has 0 fully saturated rings. The quantitative estimate of drug-likeness (QED) is 0.797. The number of pyridine rings is 1. The third kappa shape index (κ3) is 2.72. The molecular formula is C15H14ClN3O2S. The maximum absolute atomic E-state index is 12.4. The van der Waals surface area contributed by atoms with E-state index in [9.17, 15) is 8.42 Å². The van der Waals surface area contributed by atoms with Crippen molar-refractivity contribution in [3.63, 3.8) is 0 Å². The van der Waals surface area contributed by atoms with Crippen molar-refractivity contribution in [3.8, 4) is 0 Å². The first-order valence-corrected chi connectivity index (χ1v) is 8.51. The molecule has 0 aliphatic rings. The molecule has 114 valence electrons. The highest BCUT2D eigenvalue weighted by Gasteiger charge is 2.18. The maximum Gasteiger partial charge on any atom is 0.241 e. The molecule has 0 saturated heterocycles. The average Bonchev–Trinajstić information content (AvgIpc) is 2.91. The van der Waals surface area contributed by atoms with Gasteiger partial charge in [0.2, 0.25) is 10.0 Å². The van der Waals surface area contributed by atoms with Crippen LogP contribution in [0, 0.1) is 6.92 Å². The number of aromatic nitrogens is 2. The summed E-state index contributed by atoms with van der Waals surface area (Å²) in [5, 5.41) is 4.61. The van der Waals surface area contributed by atoms with Gasteiger partial charge in [0, 0.05) is 23.3 Å². The van der Waals surface area contributed by atoms with Gasteiger partial charge in [0.05, 0.1) is 16.6 Å². The highest BCUT2D eigenvalue weighted by molar-refractivity contribution is 7.89. The van der Waals surface area contributed by atoms with E-state index in [1.807, 2.05) is 24.4 Å². The number of benzene rings is 1. The lowest BCUT2D eigenvalue weighted by Gasteiger charge is -2.09. The first-order valence-electron chi connectivity index (χ1n) is 6.65. The fourth-order valence-corrected chi connectivity index (χ4v) is 3.76. The van der Waals surface area contributed by atoms with Crippen LogP contribution in [0.3, 0.4) is 0 Å². The van der Waals surface area contributed by atoms with Crippen LogP contribution in [0.15, 0.2) is 53.7 Å². The molecule has 0 aliphatic carbocycles. The summed E-state index contributed by atoms with van der Waals surface area (Å²) in [7, 11) is -3.63. The molecule has 1 aromatic carbocycles. The minimum atomic E-state index is -3.63. The van der Waals surface area contributed by atoms with Crippen LogP contribution in [-0.2, 0) is 16.6 Å². The van der Waals surface area contributed by atoms with E-state index < -0.39 is 10.0 Å². The number of hydrogen-bond donors (Lipinski definition) is 1. The monoisotopic (exact) mass is 335 g/mol. The minimum absolute atomic E-state index is 0.168. The standard InChI is InChI=1S/C15H14ClN3O2S/c1-11-13(16)5-4-7-15(11)22(20,21)18-10-12-9-17-19-8-3-2-6-14(12)19/h2-9,18H,10H2,1H3. The van der Waals surface area contributed by atoms with Gasteiger partial charge in [-0.05, 0) is 36.8 Å². The highest BCUT2D eigenvalue weighted by atomic mass is 35.5. The summed E-state index contributed by atoms with van der Waals surface area (Å²) in [6, 6.07) is 10.5. The Kier molecular flexibility index (Phi) is 3.90. The van der Waals surface area contributed by atoms with Gasteiger partial charge in [0.25, 0.3) is 0 Å². The molecule has 7 heteroatoms. The molecule has 0 atom stereocenters. The zero-order chi connectivity index (χ0) is 15.7. The molecule has 1 N–H and O–H groups in total. The molecule has 3 rings (SSSR count). The van der Waals surface area contributed by atoms with Gasteiger partial charge in [-0.3, -0.25) is 0 Å². The smallest absolute Gasteiger partial charge is 0.241 e. The summed E-state index contributed by atoms with van der Waals surface area (Å²) in [6.07, 6.45) is 3.47. The second kappa shape index (κ2) is 5.72. The van der Waals surface area contributed by atoms with Crippen molar-refractivity contribution in [2.24, 2.45) is 0 Å². The van der Waals surface area contributed by atoms with Gasteiger partial charge in [-0.25, -0.2) is 17.7 Å². The number of nitrogens with zero attached hydrogens (tertiary/aromatic N) is 2. The molecular weight excluding hydrogens is 322 g/mol. The van der Waals surface area contributed by atoms with Gasteiger partial charge in [-0.2, -0.15) is 5.10 Å². The number of sulfonamides is 1.